The van der Waals surface area contributed by atoms with Gasteiger partial charge in [-0.25, -0.2) is 13.0 Å². The Balaban J connectivity index is 3.51. The first kappa shape index (κ1) is 13.3. The zero-order valence-electron chi connectivity index (χ0n) is 7.85. The molecule has 0 unspecified atom stereocenters. The first-order valence-corrected chi connectivity index (χ1v) is 7.94. The highest BCUT2D eigenvalue weighted by Crippen LogP contribution is 2.19. The Bertz CT molecular complexity index is 635. The van der Waals surface area contributed by atoms with Gasteiger partial charge in [0.2, 0.25) is 0 Å². The Kier molecular flexibility index (Phi) is 3.56. The SMILES string of the molecule is C[S@](=O)(=NS(=O)(=O)Cl)c1ccc(F)cc1F. The van der Waals surface area contributed by atoms with Crippen molar-refractivity contribution < 1.29 is 21.4 Å². The van der Waals surface area contributed by atoms with Crippen molar-refractivity contribution in [2.45, 2.75) is 4.90 Å². The average Bonchev–Trinajstić information content (AvgIpc) is 1.97. The number of nitrogens with zero attached hydrogens (tertiary/aromatic N) is 1. The van der Waals surface area contributed by atoms with Gasteiger partial charge in [-0.05, 0) is 12.1 Å². The molecule has 1 aromatic rings. The Morgan fingerprint density at radius 1 is 1.25 bits per heavy atom. The quantitative estimate of drug-likeness (QED) is 0.781. The normalized spacial score (nSPS) is 15.5. The molecule has 90 valence electrons. The standard InChI is InChI=1S/C7H6ClF2NO3S2/c1-15(12,11-16(8,13)14)7-3-2-5(9)4-6(7)10/h2-4H,1H3/t15-/m1/s1. The van der Waals surface area contributed by atoms with E-state index in [0.29, 0.717) is 6.07 Å². The van der Waals surface area contributed by atoms with Crippen molar-refractivity contribution in [1.29, 1.82) is 0 Å². The number of hydrogen-bond acceptors (Lipinski definition) is 3. The fourth-order valence-electron chi connectivity index (χ4n) is 0.992. The molecule has 0 fully saturated rings. The van der Waals surface area contributed by atoms with E-state index in [1.807, 2.05) is 0 Å². The van der Waals surface area contributed by atoms with Gasteiger partial charge in [-0.3, -0.25) is 0 Å². The van der Waals surface area contributed by atoms with Crippen LogP contribution in [0.1, 0.15) is 0 Å². The van der Waals surface area contributed by atoms with Gasteiger partial charge < -0.3 is 0 Å². The van der Waals surface area contributed by atoms with Gasteiger partial charge in [-0.15, -0.1) is 0 Å². The molecule has 0 aromatic heterocycles. The zero-order valence-corrected chi connectivity index (χ0v) is 10.2. The van der Waals surface area contributed by atoms with Crippen LogP contribution in [0, 0.1) is 11.6 Å². The maximum Gasteiger partial charge on any atom is 0.347 e. The summed E-state index contributed by atoms with van der Waals surface area (Å²) < 4.78 is 61.6. The Morgan fingerprint density at radius 3 is 2.25 bits per heavy atom. The van der Waals surface area contributed by atoms with Crippen molar-refractivity contribution in [2.24, 2.45) is 3.77 Å². The molecule has 1 atom stereocenters. The third-order valence-corrected chi connectivity index (χ3v) is 5.04. The largest absolute Gasteiger partial charge is 0.347 e. The molecule has 0 N–H and O–H groups in total. The van der Waals surface area contributed by atoms with E-state index in [9.17, 15) is 21.4 Å². The van der Waals surface area contributed by atoms with E-state index in [4.69, 9.17) is 10.7 Å². The van der Waals surface area contributed by atoms with Crippen LogP contribution in [0.3, 0.4) is 0 Å². The number of halogens is 3. The van der Waals surface area contributed by atoms with Crippen LogP contribution in [0.25, 0.3) is 0 Å². The molecule has 0 aliphatic carbocycles. The monoisotopic (exact) mass is 289 g/mol. The van der Waals surface area contributed by atoms with Crippen molar-refractivity contribution in [1.82, 2.24) is 0 Å². The number of hydrogen-bond donors (Lipinski definition) is 0. The van der Waals surface area contributed by atoms with Crippen molar-refractivity contribution in [3.05, 3.63) is 29.8 Å². The van der Waals surface area contributed by atoms with Gasteiger partial charge in [0, 0.05) is 23.0 Å². The summed E-state index contributed by atoms with van der Waals surface area (Å²) in [5.41, 5.74) is 0. The predicted octanol–water partition coefficient (Wildman–Crippen LogP) is 1.91. The van der Waals surface area contributed by atoms with Crippen molar-refractivity contribution in [2.75, 3.05) is 6.26 Å². The van der Waals surface area contributed by atoms with Gasteiger partial charge >= 0.3 is 9.24 Å². The summed E-state index contributed by atoms with van der Waals surface area (Å²) in [4.78, 5) is -0.516. The van der Waals surface area contributed by atoms with Gasteiger partial charge in [-0.1, -0.05) is 3.77 Å². The van der Waals surface area contributed by atoms with Gasteiger partial charge in [-0.2, -0.15) is 8.42 Å². The lowest BCUT2D eigenvalue weighted by atomic mass is 10.3. The maximum absolute atomic E-state index is 13.2. The number of benzene rings is 1. The summed E-state index contributed by atoms with van der Waals surface area (Å²) in [5.74, 6) is -2.01. The molecule has 0 aliphatic heterocycles. The minimum absolute atomic E-state index is 0.481. The van der Waals surface area contributed by atoms with Crippen LogP contribution < -0.4 is 0 Å². The van der Waals surface area contributed by atoms with E-state index < -0.39 is 35.5 Å². The van der Waals surface area contributed by atoms with Crippen LogP contribution in [-0.4, -0.2) is 18.9 Å². The van der Waals surface area contributed by atoms with Crippen LogP contribution in [0.4, 0.5) is 8.78 Å². The predicted molar refractivity (Wildman–Crippen MR) is 55.9 cm³/mol. The van der Waals surface area contributed by atoms with E-state index in [1.54, 1.807) is 0 Å². The fourth-order valence-corrected chi connectivity index (χ4v) is 4.38. The zero-order chi connectivity index (χ0) is 12.6. The van der Waals surface area contributed by atoms with E-state index in [-0.39, 0.29) is 0 Å². The summed E-state index contributed by atoms with van der Waals surface area (Å²) in [6, 6.07) is 2.19. The molecule has 0 spiro atoms. The first-order valence-electron chi connectivity index (χ1n) is 3.75. The van der Waals surface area contributed by atoms with Gasteiger partial charge in [0.15, 0.2) is 0 Å². The molecule has 0 saturated carbocycles. The summed E-state index contributed by atoms with van der Waals surface area (Å²) in [7, 11) is -3.17. The molecular weight excluding hydrogens is 284 g/mol. The topological polar surface area (TPSA) is 63.6 Å². The Hall–Kier alpha value is -0.730. The van der Waals surface area contributed by atoms with Crippen LogP contribution >= 0.6 is 10.7 Å². The second-order valence-electron chi connectivity index (χ2n) is 2.86. The van der Waals surface area contributed by atoms with Crippen molar-refractivity contribution in [3.63, 3.8) is 0 Å². The second kappa shape index (κ2) is 4.27. The van der Waals surface area contributed by atoms with Crippen LogP contribution in [0.15, 0.2) is 26.9 Å². The number of rotatable bonds is 2. The molecule has 16 heavy (non-hydrogen) atoms. The van der Waals surface area contributed by atoms with Crippen LogP contribution in [-0.2, 0) is 19.0 Å². The molecule has 0 heterocycles. The highest BCUT2D eigenvalue weighted by Gasteiger charge is 2.16. The van der Waals surface area contributed by atoms with Crippen molar-refractivity contribution in [3.8, 4) is 0 Å². The molecule has 0 bridgehead atoms. The van der Waals surface area contributed by atoms with E-state index >= 15 is 0 Å². The van der Waals surface area contributed by atoms with Gasteiger partial charge in [0.05, 0.1) is 14.6 Å². The maximum atomic E-state index is 13.2. The molecule has 4 nitrogen and oxygen atoms in total. The fraction of sp³-hybridized carbons (Fsp3) is 0.143. The molecule has 1 rings (SSSR count). The molecular formula is C7H6ClF2NO3S2. The summed E-state index contributed by atoms with van der Waals surface area (Å²) in [5, 5.41) is 0. The van der Waals surface area contributed by atoms with E-state index in [2.05, 4.69) is 3.77 Å². The summed E-state index contributed by atoms with van der Waals surface area (Å²) in [6.45, 7) is 0. The molecule has 0 amide bonds. The van der Waals surface area contributed by atoms with Gasteiger partial charge in [0.25, 0.3) is 0 Å². The third kappa shape index (κ3) is 3.39. The second-order valence-corrected chi connectivity index (χ2v) is 7.50. The molecule has 1 aromatic carbocycles. The molecule has 0 aliphatic rings. The average molecular weight is 290 g/mol. The van der Waals surface area contributed by atoms with Crippen LogP contribution in [0.2, 0.25) is 0 Å². The highest BCUT2D eigenvalue weighted by molar-refractivity contribution is 8.17. The van der Waals surface area contributed by atoms with E-state index in [1.165, 1.54) is 0 Å². The van der Waals surface area contributed by atoms with Crippen molar-refractivity contribution >= 4 is 29.6 Å². The lowest BCUT2D eigenvalue weighted by Crippen LogP contribution is -2.03. The third-order valence-electron chi connectivity index (χ3n) is 1.53. The lowest BCUT2D eigenvalue weighted by Gasteiger charge is -2.04. The Labute approximate surface area is 96.0 Å². The molecule has 0 radical (unpaired) electrons. The summed E-state index contributed by atoms with van der Waals surface area (Å²) >= 11 is 0. The first-order chi connectivity index (χ1) is 7.12. The van der Waals surface area contributed by atoms with E-state index in [0.717, 1.165) is 18.4 Å². The highest BCUT2D eigenvalue weighted by atomic mass is 35.7. The molecule has 9 heteroatoms. The molecule has 0 saturated heterocycles. The lowest BCUT2D eigenvalue weighted by molar-refractivity contribution is 0.562. The Morgan fingerprint density at radius 2 is 1.81 bits per heavy atom. The van der Waals surface area contributed by atoms with Crippen LogP contribution in [0.5, 0.6) is 0 Å². The minimum atomic E-state index is -4.40. The summed E-state index contributed by atoms with van der Waals surface area (Å²) in [6.07, 6.45) is 0.892. The van der Waals surface area contributed by atoms with Gasteiger partial charge in [0.1, 0.15) is 11.6 Å². The smallest absolute Gasteiger partial charge is 0.244 e. The minimum Gasteiger partial charge on any atom is -0.244 e.